The monoisotopic (exact) mass is 276 g/mol. The lowest BCUT2D eigenvalue weighted by Crippen LogP contribution is -2.38. The molecule has 0 radical (unpaired) electrons. The van der Waals surface area contributed by atoms with E-state index >= 15 is 0 Å². The van der Waals surface area contributed by atoms with Crippen molar-refractivity contribution in [2.24, 2.45) is 5.41 Å². The van der Waals surface area contributed by atoms with E-state index < -0.39 is 0 Å². The first kappa shape index (κ1) is 14.2. The number of rotatable bonds is 5. The standard InChI is InChI=1S/C17H28N2O/c1-2-18-12-15-11-16(20-14-15)13-19-9-7-17(8-10-19)5-3-4-6-17/h11,14,18H,2-10,12-13H2,1H3. The molecule has 112 valence electrons. The zero-order chi connectivity index (χ0) is 13.8. The Morgan fingerprint density at radius 1 is 1.20 bits per heavy atom. The largest absolute Gasteiger partial charge is 0.468 e. The van der Waals surface area contributed by atoms with Crippen LogP contribution in [-0.2, 0) is 13.1 Å². The first-order valence-electron chi connectivity index (χ1n) is 8.29. The Hall–Kier alpha value is -0.800. The molecule has 3 rings (SSSR count). The van der Waals surface area contributed by atoms with Crippen molar-refractivity contribution in [1.82, 2.24) is 10.2 Å². The fraction of sp³-hybridized carbons (Fsp3) is 0.765. The molecule has 0 amide bonds. The Labute approximate surface area is 122 Å². The number of hydrogen-bond acceptors (Lipinski definition) is 3. The molecule has 1 saturated heterocycles. The third-order valence-electron chi connectivity index (χ3n) is 5.25. The second kappa shape index (κ2) is 6.31. The molecule has 0 aromatic carbocycles. The maximum atomic E-state index is 5.70. The summed E-state index contributed by atoms with van der Waals surface area (Å²) in [5.74, 6) is 1.13. The molecular weight excluding hydrogens is 248 g/mol. The van der Waals surface area contributed by atoms with Crippen LogP contribution in [0, 0.1) is 5.41 Å². The van der Waals surface area contributed by atoms with Crippen molar-refractivity contribution in [3.8, 4) is 0 Å². The topological polar surface area (TPSA) is 28.4 Å². The Bertz CT molecular complexity index is 410. The molecule has 2 fully saturated rings. The fourth-order valence-corrected chi connectivity index (χ4v) is 3.90. The minimum absolute atomic E-state index is 0.718. The molecule has 0 atom stereocenters. The molecule has 1 aliphatic carbocycles. The van der Waals surface area contributed by atoms with Crippen molar-refractivity contribution in [3.63, 3.8) is 0 Å². The number of furan rings is 1. The van der Waals surface area contributed by atoms with E-state index in [2.05, 4.69) is 23.2 Å². The van der Waals surface area contributed by atoms with Gasteiger partial charge >= 0.3 is 0 Å². The van der Waals surface area contributed by atoms with Gasteiger partial charge in [-0.2, -0.15) is 0 Å². The zero-order valence-electron chi connectivity index (χ0n) is 12.8. The molecule has 1 aliphatic heterocycles. The molecule has 1 spiro atoms. The van der Waals surface area contributed by atoms with Crippen molar-refractivity contribution in [3.05, 3.63) is 23.7 Å². The van der Waals surface area contributed by atoms with Gasteiger partial charge in [0.2, 0.25) is 0 Å². The zero-order valence-corrected chi connectivity index (χ0v) is 12.8. The van der Waals surface area contributed by atoms with E-state index in [1.54, 1.807) is 0 Å². The minimum Gasteiger partial charge on any atom is -0.468 e. The molecule has 3 heteroatoms. The van der Waals surface area contributed by atoms with Crippen molar-refractivity contribution in [2.45, 2.75) is 58.5 Å². The van der Waals surface area contributed by atoms with E-state index in [9.17, 15) is 0 Å². The summed E-state index contributed by atoms with van der Waals surface area (Å²) in [5, 5.41) is 3.34. The number of nitrogens with one attached hydrogen (secondary N) is 1. The van der Waals surface area contributed by atoms with E-state index in [1.165, 1.54) is 57.2 Å². The molecular formula is C17H28N2O. The third-order valence-corrected chi connectivity index (χ3v) is 5.25. The van der Waals surface area contributed by atoms with Crippen LogP contribution in [-0.4, -0.2) is 24.5 Å². The molecule has 0 bridgehead atoms. The van der Waals surface area contributed by atoms with Crippen LogP contribution in [0.1, 0.15) is 56.8 Å². The quantitative estimate of drug-likeness (QED) is 0.891. The number of hydrogen-bond donors (Lipinski definition) is 1. The lowest BCUT2D eigenvalue weighted by molar-refractivity contribution is 0.0982. The number of likely N-dealkylation sites (tertiary alicyclic amines) is 1. The van der Waals surface area contributed by atoms with Crippen LogP contribution < -0.4 is 5.32 Å². The normalized spacial score (nSPS) is 22.6. The van der Waals surface area contributed by atoms with Gasteiger partial charge in [0.1, 0.15) is 5.76 Å². The molecule has 2 aliphatic rings. The summed E-state index contributed by atoms with van der Waals surface area (Å²) in [7, 11) is 0. The Balaban J connectivity index is 1.48. The van der Waals surface area contributed by atoms with Crippen molar-refractivity contribution in [1.29, 1.82) is 0 Å². The molecule has 1 aromatic rings. The van der Waals surface area contributed by atoms with Crippen LogP contribution in [0.15, 0.2) is 16.7 Å². The van der Waals surface area contributed by atoms with E-state index in [0.717, 1.165) is 30.8 Å². The van der Waals surface area contributed by atoms with Crippen LogP contribution in [0.5, 0.6) is 0 Å². The van der Waals surface area contributed by atoms with Gasteiger partial charge in [-0.05, 0) is 56.8 Å². The van der Waals surface area contributed by atoms with E-state index in [1.807, 2.05) is 6.26 Å². The van der Waals surface area contributed by atoms with Crippen molar-refractivity contribution in [2.75, 3.05) is 19.6 Å². The summed E-state index contributed by atoms with van der Waals surface area (Å²) in [6.45, 7) is 7.56. The highest BCUT2D eigenvalue weighted by Gasteiger charge is 2.36. The Kier molecular flexibility index (Phi) is 4.47. The lowest BCUT2D eigenvalue weighted by atomic mass is 9.77. The highest BCUT2D eigenvalue weighted by Crippen LogP contribution is 2.46. The predicted octanol–water partition coefficient (Wildman–Crippen LogP) is 3.55. The fourth-order valence-electron chi connectivity index (χ4n) is 3.90. The van der Waals surface area contributed by atoms with Gasteiger partial charge in [0.05, 0.1) is 12.8 Å². The summed E-state index contributed by atoms with van der Waals surface area (Å²) in [4.78, 5) is 2.57. The van der Waals surface area contributed by atoms with Gasteiger partial charge in [-0.3, -0.25) is 4.90 Å². The molecule has 0 unspecified atom stereocenters. The first-order chi connectivity index (χ1) is 9.80. The average molecular weight is 276 g/mol. The van der Waals surface area contributed by atoms with Gasteiger partial charge in [0.25, 0.3) is 0 Å². The molecule has 20 heavy (non-hydrogen) atoms. The van der Waals surface area contributed by atoms with Crippen LogP contribution >= 0.6 is 0 Å². The predicted molar refractivity (Wildman–Crippen MR) is 81.5 cm³/mol. The van der Waals surface area contributed by atoms with E-state index in [0.29, 0.717) is 0 Å². The lowest BCUT2D eigenvalue weighted by Gasteiger charge is -2.39. The Morgan fingerprint density at radius 3 is 2.65 bits per heavy atom. The minimum atomic E-state index is 0.718. The Morgan fingerprint density at radius 2 is 1.95 bits per heavy atom. The summed E-state index contributed by atoms with van der Waals surface area (Å²) < 4.78 is 5.70. The van der Waals surface area contributed by atoms with Gasteiger partial charge < -0.3 is 9.73 Å². The molecule has 2 heterocycles. The van der Waals surface area contributed by atoms with Gasteiger partial charge in [0.15, 0.2) is 0 Å². The van der Waals surface area contributed by atoms with E-state index in [-0.39, 0.29) is 0 Å². The van der Waals surface area contributed by atoms with E-state index in [4.69, 9.17) is 4.42 Å². The van der Waals surface area contributed by atoms with Gasteiger partial charge in [0, 0.05) is 12.1 Å². The first-order valence-corrected chi connectivity index (χ1v) is 8.29. The second-order valence-corrected chi connectivity index (χ2v) is 6.68. The summed E-state index contributed by atoms with van der Waals surface area (Å²) >= 11 is 0. The molecule has 1 N–H and O–H groups in total. The highest BCUT2D eigenvalue weighted by molar-refractivity contribution is 5.12. The smallest absolute Gasteiger partial charge is 0.118 e. The summed E-state index contributed by atoms with van der Waals surface area (Å²) in [6.07, 6.45) is 10.6. The highest BCUT2D eigenvalue weighted by atomic mass is 16.3. The van der Waals surface area contributed by atoms with Gasteiger partial charge in [-0.25, -0.2) is 0 Å². The number of nitrogens with zero attached hydrogens (tertiary/aromatic N) is 1. The maximum absolute atomic E-state index is 5.70. The van der Waals surface area contributed by atoms with Gasteiger partial charge in [-0.1, -0.05) is 19.8 Å². The van der Waals surface area contributed by atoms with Crippen molar-refractivity contribution >= 4 is 0 Å². The van der Waals surface area contributed by atoms with Crippen LogP contribution in [0.25, 0.3) is 0 Å². The van der Waals surface area contributed by atoms with Gasteiger partial charge in [-0.15, -0.1) is 0 Å². The molecule has 1 aromatic heterocycles. The van der Waals surface area contributed by atoms with Crippen LogP contribution in [0.2, 0.25) is 0 Å². The SMILES string of the molecule is CCNCc1coc(CN2CCC3(CCCC3)CC2)c1. The maximum Gasteiger partial charge on any atom is 0.118 e. The average Bonchev–Trinajstić information content (AvgIpc) is 3.09. The van der Waals surface area contributed by atoms with Crippen LogP contribution in [0.4, 0.5) is 0 Å². The summed E-state index contributed by atoms with van der Waals surface area (Å²) in [6, 6.07) is 2.21. The third kappa shape index (κ3) is 3.26. The van der Waals surface area contributed by atoms with Crippen molar-refractivity contribution < 1.29 is 4.42 Å². The summed E-state index contributed by atoms with van der Waals surface area (Å²) in [5.41, 5.74) is 1.99. The van der Waals surface area contributed by atoms with Crippen LogP contribution in [0.3, 0.4) is 0 Å². The second-order valence-electron chi connectivity index (χ2n) is 6.68. The number of piperidine rings is 1. The molecule has 3 nitrogen and oxygen atoms in total. The molecule has 1 saturated carbocycles.